The normalized spacial score (nSPS) is 11.5. The lowest BCUT2D eigenvalue weighted by atomic mass is 9.91. The summed E-state index contributed by atoms with van der Waals surface area (Å²) in [6.07, 6.45) is 13.5. The van der Waals surface area contributed by atoms with Gasteiger partial charge in [-0.3, -0.25) is 14.9 Å². The van der Waals surface area contributed by atoms with Crippen LogP contribution < -0.4 is 14.4 Å². The van der Waals surface area contributed by atoms with E-state index < -0.39 is 10.3 Å². The largest absolute Gasteiger partial charge is 0.494 e. The highest BCUT2D eigenvalue weighted by molar-refractivity contribution is 5.75. The highest BCUT2D eigenvalue weighted by atomic mass is 16.6. The van der Waals surface area contributed by atoms with Crippen LogP contribution in [0.1, 0.15) is 98.3 Å². The molecule has 0 aliphatic heterocycles. The van der Waals surface area contributed by atoms with Gasteiger partial charge in [-0.05, 0) is 87.4 Å². The SMILES string of the molecule is CCCCCCCCCCCCN(CCOC(=O)C(C)(C)CC)c1ccc(N=Nc2cc(OC)c(N=Nc3ccc(N=Nc4ccccc4)cc3)cc2OC)cc1.C[N+](=O)[O-]. The quantitative estimate of drug-likeness (QED) is 0.0211. The molecule has 61 heavy (non-hydrogen) atoms. The summed E-state index contributed by atoms with van der Waals surface area (Å²) >= 11 is 0. The Bertz CT molecular complexity index is 1970. The number of rotatable bonds is 25. The van der Waals surface area contributed by atoms with Gasteiger partial charge in [-0.25, -0.2) is 0 Å². The second-order valence-corrected chi connectivity index (χ2v) is 15.1. The molecule has 14 nitrogen and oxygen atoms in total. The van der Waals surface area contributed by atoms with E-state index in [1.54, 1.807) is 26.4 Å². The number of hydrogen-bond acceptors (Lipinski definition) is 13. The number of nitro groups is 1. The van der Waals surface area contributed by atoms with Gasteiger partial charge in [-0.2, -0.15) is 20.5 Å². The van der Waals surface area contributed by atoms with E-state index in [2.05, 4.69) is 42.5 Å². The first kappa shape index (κ1) is 49.3. The third-order valence-electron chi connectivity index (χ3n) is 9.94. The number of unbranched alkanes of at least 4 members (excludes halogenated alkanes) is 9. The van der Waals surface area contributed by atoms with Crippen LogP contribution >= 0.6 is 0 Å². The number of carbonyl (C=O) groups excluding carboxylic acids is 1. The predicted octanol–water partition coefficient (Wildman–Crippen LogP) is 14.5. The molecule has 4 rings (SSSR count). The molecule has 328 valence electrons. The Kier molecular flexibility index (Phi) is 22.4. The van der Waals surface area contributed by atoms with Crippen molar-refractivity contribution < 1.29 is 23.9 Å². The van der Waals surface area contributed by atoms with E-state index in [4.69, 9.17) is 24.3 Å². The van der Waals surface area contributed by atoms with E-state index in [0.29, 0.717) is 53.1 Å². The zero-order valence-corrected chi connectivity index (χ0v) is 37.1. The van der Waals surface area contributed by atoms with Crippen LogP contribution in [0.25, 0.3) is 0 Å². The van der Waals surface area contributed by atoms with Gasteiger partial charge >= 0.3 is 5.97 Å². The first-order chi connectivity index (χ1) is 29.5. The minimum Gasteiger partial charge on any atom is -0.494 e. The van der Waals surface area contributed by atoms with Gasteiger partial charge in [0, 0.05) is 29.3 Å². The fourth-order valence-electron chi connectivity index (χ4n) is 5.92. The molecule has 0 saturated carbocycles. The summed E-state index contributed by atoms with van der Waals surface area (Å²) in [6.45, 7) is 9.98. The molecule has 0 N–H and O–H groups in total. The van der Waals surface area contributed by atoms with Crippen molar-refractivity contribution in [1.82, 2.24) is 0 Å². The molecule has 0 amide bonds. The smallest absolute Gasteiger partial charge is 0.311 e. The standard InChI is InChI=1S/C46H61N7O4.CH3NO2/c1-7-9-10-11-12-13-14-15-16-20-31-53(32-33-57-45(54)46(3,4)8-2)40-29-27-39(28-30-40)50-52-42-35-43(55-5)41(34-44(42)56-6)51-49-38-25-23-37(24-26-38)48-47-36-21-18-17-19-22-36;1-2(3)4/h17-19,21-30,34-35H,7-16,20,31-33H2,1-6H3;1H3. The van der Waals surface area contributed by atoms with Crippen LogP contribution in [0.3, 0.4) is 0 Å². The van der Waals surface area contributed by atoms with Crippen molar-refractivity contribution in [2.24, 2.45) is 36.1 Å². The third-order valence-corrected chi connectivity index (χ3v) is 9.94. The number of carbonyl (C=O) groups is 1. The van der Waals surface area contributed by atoms with E-state index >= 15 is 0 Å². The second kappa shape index (κ2) is 27.7. The Morgan fingerprint density at radius 3 is 1.48 bits per heavy atom. The van der Waals surface area contributed by atoms with Crippen LogP contribution in [0.4, 0.5) is 39.8 Å². The van der Waals surface area contributed by atoms with E-state index in [9.17, 15) is 4.79 Å². The van der Waals surface area contributed by atoms with Crippen molar-refractivity contribution >= 4 is 45.8 Å². The van der Waals surface area contributed by atoms with Crippen LogP contribution in [-0.4, -0.2) is 51.9 Å². The van der Waals surface area contributed by atoms with E-state index in [0.717, 1.165) is 37.8 Å². The molecule has 0 spiro atoms. The predicted molar refractivity (Wildman–Crippen MR) is 243 cm³/mol. The molecule has 0 fully saturated rings. The molecule has 0 heterocycles. The van der Waals surface area contributed by atoms with E-state index in [-0.39, 0.29) is 5.97 Å². The Labute approximate surface area is 361 Å². The maximum atomic E-state index is 12.7. The summed E-state index contributed by atoms with van der Waals surface area (Å²) in [4.78, 5) is 23.3. The second-order valence-electron chi connectivity index (χ2n) is 15.1. The summed E-state index contributed by atoms with van der Waals surface area (Å²) in [7, 11) is 4.03. The van der Waals surface area contributed by atoms with Gasteiger partial charge in [0.15, 0.2) is 7.05 Å². The molecule has 0 unspecified atom stereocenters. The van der Waals surface area contributed by atoms with Crippen LogP contribution in [0.5, 0.6) is 11.5 Å². The Balaban J connectivity index is 0.00000237. The van der Waals surface area contributed by atoms with Crippen LogP contribution in [0.15, 0.2) is 122 Å². The van der Waals surface area contributed by atoms with Crippen molar-refractivity contribution in [3.05, 3.63) is 101 Å². The van der Waals surface area contributed by atoms with Gasteiger partial charge < -0.3 is 19.1 Å². The summed E-state index contributed by atoms with van der Waals surface area (Å²) in [5.74, 6) is 0.796. The molecule has 4 aromatic rings. The van der Waals surface area contributed by atoms with Gasteiger partial charge in [0.1, 0.15) is 29.5 Å². The molecular weight excluding hydrogens is 773 g/mol. The highest BCUT2D eigenvalue weighted by Gasteiger charge is 2.27. The lowest BCUT2D eigenvalue weighted by Crippen LogP contribution is -2.32. The fourth-order valence-corrected chi connectivity index (χ4v) is 5.92. The summed E-state index contributed by atoms with van der Waals surface area (Å²) in [6, 6.07) is 28.3. The molecule has 4 aromatic carbocycles. The Hall–Kier alpha value is -6.05. The minimum absolute atomic E-state index is 0.156. The lowest BCUT2D eigenvalue weighted by Gasteiger charge is -2.26. The Morgan fingerprint density at radius 2 is 1.03 bits per heavy atom. The van der Waals surface area contributed by atoms with E-state index in [1.165, 1.54) is 57.8 Å². The Morgan fingerprint density at radius 1 is 0.623 bits per heavy atom. The number of nitrogens with zero attached hydrogens (tertiary/aromatic N) is 8. The van der Waals surface area contributed by atoms with Gasteiger partial charge in [0.25, 0.3) is 0 Å². The van der Waals surface area contributed by atoms with Gasteiger partial charge in [-0.15, -0.1) is 10.2 Å². The van der Waals surface area contributed by atoms with Crippen molar-refractivity contribution in [2.45, 2.75) is 98.3 Å². The molecule has 14 heteroatoms. The zero-order chi connectivity index (χ0) is 44.3. The average molecular weight is 837 g/mol. The van der Waals surface area contributed by atoms with Gasteiger partial charge in [0.2, 0.25) is 0 Å². The minimum atomic E-state index is -0.500. The first-order valence-corrected chi connectivity index (χ1v) is 21.3. The van der Waals surface area contributed by atoms with Gasteiger partial charge in [-0.1, -0.05) is 89.8 Å². The van der Waals surface area contributed by atoms with E-state index in [1.807, 2.05) is 99.6 Å². The monoisotopic (exact) mass is 836 g/mol. The average Bonchev–Trinajstić information content (AvgIpc) is 3.27. The fraction of sp³-hybridized carbons (Fsp3) is 0.468. The van der Waals surface area contributed by atoms with Crippen molar-refractivity contribution in [3.63, 3.8) is 0 Å². The van der Waals surface area contributed by atoms with Crippen molar-refractivity contribution in [1.29, 1.82) is 0 Å². The molecular formula is C47H64N8O6. The number of esters is 1. The maximum absolute atomic E-state index is 12.7. The number of hydrogen-bond donors (Lipinski definition) is 0. The highest BCUT2D eigenvalue weighted by Crippen LogP contribution is 2.41. The number of azo groups is 3. The molecule has 0 atom stereocenters. The van der Waals surface area contributed by atoms with Gasteiger partial charge in [0.05, 0.1) is 48.9 Å². The lowest BCUT2D eigenvalue weighted by molar-refractivity contribution is -0.445. The summed E-state index contributed by atoms with van der Waals surface area (Å²) in [5.41, 5.74) is 4.35. The zero-order valence-electron chi connectivity index (χ0n) is 37.1. The number of methoxy groups -OCH3 is 2. The maximum Gasteiger partial charge on any atom is 0.311 e. The number of ether oxygens (including phenoxy) is 3. The molecule has 0 saturated heterocycles. The van der Waals surface area contributed by atoms with Crippen LogP contribution in [-0.2, 0) is 9.53 Å². The molecule has 0 bridgehead atoms. The summed E-state index contributed by atoms with van der Waals surface area (Å²) in [5, 5.41) is 35.2. The molecule has 0 aliphatic carbocycles. The van der Waals surface area contributed by atoms with Crippen LogP contribution in [0, 0.1) is 15.5 Å². The molecule has 0 radical (unpaired) electrons. The van der Waals surface area contributed by atoms with Crippen molar-refractivity contribution in [2.75, 3.05) is 45.9 Å². The first-order valence-electron chi connectivity index (χ1n) is 21.3. The number of benzene rings is 4. The number of anilines is 1. The topological polar surface area (TPSA) is 165 Å². The van der Waals surface area contributed by atoms with Crippen molar-refractivity contribution in [3.8, 4) is 11.5 Å². The summed E-state index contributed by atoms with van der Waals surface area (Å²) < 4.78 is 17.0. The molecule has 0 aromatic heterocycles. The molecule has 0 aliphatic rings. The third kappa shape index (κ3) is 18.8. The van der Waals surface area contributed by atoms with Crippen LogP contribution in [0.2, 0.25) is 0 Å².